The van der Waals surface area contributed by atoms with Gasteiger partial charge in [-0.15, -0.1) is 0 Å². The van der Waals surface area contributed by atoms with Crippen molar-refractivity contribution in [1.82, 2.24) is 14.5 Å². The third-order valence-corrected chi connectivity index (χ3v) is 7.64. The molecule has 0 saturated heterocycles. The van der Waals surface area contributed by atoms with Crippen molar-refractivity contribution in [2.45, 2.75) is 58.0 Å². The minimum atomic E-state index is -4.84. The third-order valence-electron chi connectivity index (χ3n) is 6.46. The van der Waals surface area contributed by atoms with Crippen molar-refractivity contribution in [2.24, 2.45) is 5.92 Å². The average Bonchev–Trinajstić information content (AvgIpc) is 3.17. The van der Waals surface area contributed by atoms with Crippen molar-refractivity contribution in [3.63, 3.8) is 0 Å². The number of sulfone groups is 1. The monoisotopic (exact) mass is 552 g/mol. The second kappa shape index (κ2) is 9.68. The quantitative estimate of drug-likeness (QED) is 0.328. The first-order valence-electron chi connectivity index (χ1n) is 11.8. The number of rotatable bonds is 6. The number of benzene rings is 1. The number of ether oxygens (including phenoxy) is 1. The molecule has 0 bridgehead atoms. The zero-order valence-electron chi connectivity index (χ0n) is 21.5. The number of nitrogens with zero attached hydrogens (tertiary/aromatic N) is 4. The number of halogens is 3. The van der Waals surface area contributed by atoms with Gasteiger partial charge >= 0.3 is 12.1 Å². The number of esters is 1. The van der Waals surface area contributed by atoms with Crippen molar-refractivity contribution in [3.05, 3.63) is 46.9 Å². The van der Waals surface area contributed by atoms with E-state index in [0.29, 0.717) is 23.0 Å². The second-order valence-electron chi connectivity index (χ2n) is 9.66. The molecule has 13 heteroatoms. The summed E-state index contributed by atoms with van der Waals surface area (Å²) in [5.41, 5.74) is -0.160. The number of hydrogen-bond donors (Lipinski definition) is 0. The standard InChI is InChI=1S/C25H27F3N4O5S/c1-13(2)22-20-9-16-8-17(12-37-15(4)34)21(38(5,35)36)10-19(16)31(20)6-7-32(22)24-29-11-18(14(3)33)23(30-24)25(26,27)28/h8-11,13,22H,6-7,12H2,1-5H3/t22-/m1/s1. The lowest BCUT2D eigenvalue weighted by Crippen LogP contribution is -2.41. The molecule has 9 nitrogen and oxygen atoms in total. The summed E-state index contributed by atoms with van der Waals surface area (Å²) in [4.78, 5) is 32.7. The van der Waals surface area contributed by atoms with Crippen LogP contribution in [-0.4, -0.2) is 47.5 Å². The molecule has 204 valence electrons. The maximum atomic E-state index is 13.7. The van der Waals surface area contributed by atoms with Crippen LogP contribution in [0.25, 0.3) is 10.9 Å². The molecule has 1 aliphatic rings. The summed E-state index contributed by atoms with van der Waals surface area (Å²) < 4.78 is 73.3. The number of fused-ring (bicyclic) bond motifs is 3. The lowest BCUT2D eigenvalue weighted by atomic mass is 9.97. The molecular weight excluding hydrogens is 525 g/mol. The van der Waals surface area contributed by atoms with E-state index in [9.17, 15) is 31.2 Å². The molecule has 1 atom stereocenters. The van der Waals surface area contributed by atoms with Crippen molar-refractivity contribution in [1.29, 1.82) is 0 Å². The lowest BCUT2D eigenvalue weighted by Gasteiger charge is -2.39. The van der Waals surface area contributed by atoms with Gasteiger partial charge in [0, 0.05) is 54.6 Å². The first-order chi connectivity index (χ1) is 17.6. The van der Waals surface area contributed by atoms with Gasteiger partial charge in [-0.2, -0.15) is 13.2 Å². The minimum absolute atomic E-state index is 0.0358. The summed E-state index contributed by atoms with van der Waals surface area (Å²) in [6.07, 6.45) is -2.85. The molecule has 0 radical (unpaired) electrons. The van der Waals surface area contributed by atoms with Crippen LogP contribution in [0.5, 0.6) is 0 Å². The van der Waals surface area contributed by atoms with Gasteiger partial charge in [-0.25, -0.2) is 18.4 Å². The van der Waals surface area contributed by atoms with Gasteiger partial charge in [0.05, 0.1) is 16.5 Å². The molecule has 38 heavy (non-hydrogen) atoms. The first kappa shape index (κ1) is 27.6. The molecule has 0 aliphatic carbocycles. The maximum Gasteiger partial charge on any atom is 0.434 e. The number of aromatic nitrogens is 3. The van der Waals surface area contributed by atoms with Crippen molar-refractivity contribution < 1.29 is 35.9 Å². The van der Waals surface area contributed by atoms with Gasteiger partial charge in [0.25, 0.3) is 0 Å². The van der Waals surface area contributed by atoms with Gasteiger partial charge in [0.2, 0.25) is 5.95 Å². The predicted molar refractivity (Wildman–Crippen MR) is 132 cm³/mol. The van der Waals surface area contributed by atoms with Crippen LogP contribution in [0.2, 0.25) is 0 Å². The summed E-state index contributed by atoms with van der Waals surface area (Å²) in [5.74, 6) is -1.58. The Kier molecular flexibility index (Phi) is 7.02. The van der Waals surface area contributed by atoms with Crippen LogP contribution in [0.1, 0.15) is 61.0 Å². The van der Waals surface area contributed by atoms with Crippen molar-refractivity contribution in [2.75, 3.05) is 17.7 Å². The molecule has 3 heterocycles. The van der Waals surface area contributed by atoms with E-state index in [1.807, 2.05) is 24.5 Å². The van der Waals surface area contributed by atoms with E-state index in [0.717, 1.165) is 25.1 Å². The Morgan fingerprint density at radius 2 is 1.84 bits per heavy atom. The highest BCUT2D eigenvalue weighted by atomic mass is 32.2. The fraction of sp³-hybridized carbons (Fsp3) is 0.440. The van der Waals surface area contributed by atoms with Crippen LogP contribution in [0, 0.1) is 5.92 Å². The molecule has 0 N–H and O–H groups in total. The highest BCUT2D eigenvalue weighted by Crippen LogP contribution is 2.40. The number of anilines is 1. The molecule has 0 spiro atoms. The molecular formula is C25H27F3N4O5S. The molecule has 1 aromatic carbocycles. The van der Waals surface area contributed by atoms with E-state index in [4.69, 9.17) is 4.74 Å². The second-order valence-corrected chi connectivity index (χ2v) is 11.6. The molecule has 1 aliphatic heterocycles. The smallest absolute Gasteiger partial charge is 0.434 e. The molecule has 2 aromatic heterocycles. The van der Waals surface area contributed by atoms with Gasteiger partial charge in [-0.05, 0) is 31.0 Å². The van der Waals surface area contributed by atoms with Gasteiger partial charge in [-0.3, -0.25) is 9.59 Å². The molecule has 0 unspecified atom stereocenters. The minimum Gasteiger partial charge on any atom is -0.461 e. The Bertz CT molecular complexity index is 1550. The Labute approximate surface area is 217 Å². The van der Waals surface area contributed by atoms with E-state index in [1.54, 1.807) is 17.0 Å². The number of Topliss-reactive ketones (excluding diaryl/α,β-unsaturated/α-hetero) is 1. The Morgan fingerprint density at radius 3 is 2.39 bits per heavy atom. The van der Waals surface area contributed by atoms with Crippen LogP contribution in [0.4, 0.5) is 19.1 Å². The normalized spacial score (nSPS) is 16.1. The average molecular weight is 553 g/mol. The molecule has 4 rings (SSSR count). The van der Waals surface area contributed by atoms with E-state index in [2.05, 4.69) is 9.97 Å². The topological polar surface area (TPSA) is 111 Å². The highest BCUT2D eigenvalue weighted by molar-refractivity contribution is 7.90. The Morgan fingerprint density at radius 1 is 1.16 bits per heavy atom. The summed E-state index contributed by atoms with van der Waals surface area (Å²) in [6.45, 7) is 6.44. The molecule has 3 aromatic rings. The Balaban J connectivity index is 1.86. The fourth-order valence-corrected chi connectivity index (χ4v) is 5.83. The van der Waals surface area contributed by atoms with Gasteiger partial charge in [-0.1, -0.05) is 13.8 Å². The van der Waals surface area contributed by atoms with E-state index >= 15 is 0 Å². The molecule has 0 amide bonds. The summed E-state index contributed by atoms with van der Waals surface area (Å²) in [6, 6.07) is 4.60. The number of alkyl halides is 3. The van der Waals surface area contributed by atoms with Crippen LogP contribution in [0.15, 0.2) is 29.3 Å². The SMILES string of the molecule is CC(=O)OCc1cc2cc3n(c2cc1S(C)(=O)=O)CCN(c1ncc(C(C)=O)c(C(F)(F)F)n1)[C@@H]3C(C)C. The zero-order chi connectivity index (χ0) is 28.2. The summed E-state index contributed by atoms with van der Waals surface area (Å²) in [7, 11) is -3.66. The number of carbonyl (C=O) groups is 2. The van der Waals surface area contributed by atoms with Crippen LogP contribution in [0.3, 0.4) is 0 Å². The highest BCUT2D eigenvalue weighted by Gasteiger charge is 2.39. The Hall–Kier alpha value is -3.48. The van der Waals surface area contributed by atoms with Crippen LogP contribution >= 0.6 is 0 Å². The van der Waals surface area contributed by atoms with E-state index in [-0.39, 0.29) is 29.9 Å². The summed E-state index contributed by atoms with van der Waals surface area (Å²) in [5, 5.41) is 0.700. The maximum absolute atomic E-state index is 13.7. The number of ketones is 1. The largest absolute Gasteiger partial charge is 0.461 e. The zero-order valence-corrected chi connectivity index (χ0v) is 22.3. The third kappa shape index (κ3) is 5.11. The number of hydrogen-bond acceptors (Lipinski definition) is 8. The number of carbonyl (C=O) groups excluding carboxylic acids is 2. The van der Waals surface area contributed by atoms with Gasteiger partial charge < -0.3 is 14.2 Å². The van der Waals surface area contributed by atoms with Crippen LogP contribution < -0.4 is 4.90 Å². The lowest BCUT2D eigenvalue weighted by molar-refractivity contribution is -0.142. The van der Waals surface area contributed by atoms with Crippen molar-refractivity contribution >= 4 is 38.4 Å². The van der Waals surface area contributed by atoms with E-state index < -0.39 is 45.1 Å². The first-order valence-corrected chi connectivity index (χ1v) is 13.7. The van der Waals surface area contributed by atoms with Crippen molar-refractivity contribution in [3.8, 4) is 0 Å². The molecule has 0 fully saturated rings. The fourth-order valence-electron chi connectivity index (χ4n) is 4.91. The van der Waals surface area contributed by atoms with Gasteiger partial charge in [0.15, 0.2) is 21.3 Å². The van der Waals surface area contributed by atoms with E-state index in [1.165, 1.54) is 6.92 Å². The summed E-state index contributed by atoms with van der Waals surface area (Å²) >= 11 is 0. The molecule has 0 saturated carbocycles. The van der Waals surface area contributed by atoms with Crippen LogP contribution in [-0.2, 0) is 38.7 Å². The predicted octanol–water partition coefficient (Wildman–Crippen LogP) is 4.34. The van der Waals surface area contributed by atoms with Gasteiger partial charge in [0.1, 0.15) is 6.61 Å².